The molecule has 2 amide bonds. The van der Waals surface area contributed by atoms with Crippen LogP contribution < -0.4 is 5.32 Å². The fourth-order valence-corrected chi connectivity index (χ4v) is 2.66. The zero-order valence-electron chi connectivity index (χ0n) is 12.4. The zero-order valence-corrected chi connectivity index (χ0v) is 12.4. The summed E-state index contributed by atoms with van der Waals surface area (Å²) in [6.07, 6.45) is 1.92. The number of hydrogen-bond acceptors (Lipinski definition) is 2. The minimum atomic E-state index is -0.861. The van der Waals surface area contributed by atoms with E-state index in [0.29, 0.717) is 25.8 Å². The Morgan fingerprint density at radius 3 is 2.16 bits per heavy atom. The Labute approximate surface area is 114 Å². The lowest BCUT2D eigenvalue weighted by atomic mass is 9.81. The second-order valence-corrected chi connectivity index (χ2v) is 5.37. The average Bonchev–Trinajstić information content (AvgIpc) is 2.43. The van der Waals surface area contributed by atoms with Gasteiger partial charge in [0.2, 0.25) is 11.8 Å². The number of amides is 2. The van der Waals surface area contributed by atoms with Gasteiger partial charge in [0.25, 0.3) is 0 Å². The highest BCUT2D eigenvalue weighted by Gasteiger charge is 2.53. The van der Waals surface area contributed by atoms with E-state index in [9.17, 15) is 14.0 Å². The van der Waals surface area contributed by atoms with Crippen LogP contribution in [0.25, 0.3) is 0 Å². The minimum Gasteiger partial charge on any atom is -0.340 e. The molecule has 0 aromatic heterocycles. The van der Waals surface area contributed by atoms with Crippen molar-refractivity contribution >= 4 is 11.8 Å². The number of nitrogens with zero attached hydrogens (tertiary/aromatic N) is 1. The van der Waals surface area contributed by atoms with Gasteiger partial charge in [-0.2, -0.15) is 0 Å². The van der Waals surface area contributed by atoms with Crippen LogP contribution in [0, 0.1) is 0 Å². The topological polar surface area (TPSA) is 49.4 Å². The van der Waals surface area contributed by atoms with Gasteiger partial charge in [-0.05, 0) is 32.6 Å². The SMILES string of the molecule is CCC1(CC)NC(=O)C(C)(CC)N(CCCF)C1=O. The Kier molecular flexibility index (Phi) is 4.93. The number of carbonyl (C=O) groups excluding carboxylic acids is 2. The van der Waals surface area contributed by atoms with Crippen molar-refractivity contribution in [2.24, 2.45) is 0 Å². The fraction of sp³-hybridized carbons (Fsp3) is 0.857. The largest absolute Gasteiger partial charge is 0.340 e. The third-order valence-electron chi connectivity index (χ3n) is 4.50. The maximum absolute atomic E-state index is 12.7. The summed E-state index contributed by atoms with van der Waals surface area (Å²) in [6.45, 7) is 7.24. The van der Waals surface area contributed by atoms with E-state index in [0.717, 1.165) is 0 Å². The minimum absolute atomic E-state index is 0.0742. The maximum atomic E-state index is 12.7. The average molecular weight is 272 g/mol. The lowest BCUT2D eigenvalue weighted by Crippen LogP contribution is -2.74. The van der Waals surface area contributed by atoms with Gasteiger partial charge >= 0.3 is 0 Å². The summed E-state index contributed by atoms with van der Waals surface area (Å²) in [5, 5.41) is 2.90. The first kappa shape index (κ1) is 15.9. The molecule has 1 rings (SSSR count). The fourth-order valence-electron chi connectivity index (χ4n) is 2.66. The van der Waals surface area contributed by atoms with E-state index in [1.165, 1.54) is 0 Å². The Hall–Kier alpha value is -1.13. The molecule has 0 aromatic carbocycles. The number of piperazine rings is 1. The summed E-state index contributed by atoms with van der Waals surface area (Å²) in [5.74, 6) is -0.202. The molecule has 5 heteroatoms. The van der Waals surface area contributed by atoms with Gasteiger partial charge in [-0.3, -0.25) is 14.0 Å². The molecule has 4 nitrogen and oxygen atoms in total. The smallest absolute Gasteiger partial charge is 0.249 e. The third-order valence-corrected chi connectivity index (χ3v) is 4.50. The zero-order chi connectivity index (χ0) is 14.7. The van der Waals surface area contributed by atoms with Crippen molar-refractivity contribution in [3.05, 3.63) is 0 Å². The third kappa shape index (κ3) is 2.47. The number of halogens is 1. The summed E-state index contributed by atoms with van der Waals surface area (Å²) in [4.78, 5) is 26.7. The first-order valence-electron chi connectivity index (χ1n) is 7.12. The molecule has 1 N–H and O–H groups in total. The molecular weight excluding hydrogens is 247 g/mol. The molecular formula is C14H25FN2O2. The van der Waals surface area contributed by atoms with Crippen molar-refractivity contribution in [2.45, 2.75) is 64.5 Å². The predicted octanol–water partition coefficient (Wildman–Crippen LogP) is 2.03. The quantitative estimate of drug-likeness (QED) is 0.804. The van der Waals surface area contributed by atoms with Crippen molar-refractivity contribution < 1.29 is 14.0 Å². The lowest BCUT2D eigenvalue weighted by molar-refractivity contribution is -0.163. The van der Waals surface area contributed by atoms with E-state index in [4.69, 9.17) is 0 Å². The highest BCUT2D eigenvalue weighted by molar-refractivity contribution is 6.02. The molecule has 1 heterocycles. The van der Waals surface area contributed by atoms with Gasteiger partial charge < -0.3 is 10.2 Å². The number of alkyl halides is 1. The lowest BCUT2D eigenvalue weighted by Gasteiger charge is -2.50. The molecule has 0 saturated carbocycles. The molecule has 1 aliphatic rings. The highest BCUT2D eigenvalue weighted by atomic mass is 19.1. The second-order valence-electron chi connectivity index (χ2n) is 5.37. The van der Waals surface area contributed by atoms with Crippen LogP contribution in [0.5, 0.6) is 0 Å². The maximum Gasteiger partial charge on any atom is 0.249 e. The van der Waals surface area contributed by atoms with Crippen LogP contribution >= 0.6 is 0 Å². The standard InChI is InChI=1S/C14H25FN2O2/c1-5-13(4)11(18)16-14(6-2,7-3)12(19)17(13)10-8-9-15/h5-10H2,1-4H3,(H,16,18). The Balaban J connectivity index is 3.15. The van der Waals surface area contributed by atoms with Gasteiger partial charge in [0, 0.05) is 6.54 Å². The van der Waals surface area contributed by atoms with E-state index in [-0.39, 0.29) is 18.2 Å². The van der Waals surface area contributed by atoms with Gasteiger partial charge in [-0.25, -0.2) is 0 Å². The van der Waals surface area contributed by atoms with Gasteiger partial charge in [0.1, 0.15) is 11.1 Å². The number of nitrogens with one attached hydrogen (secondary N) is 1. The summed E-state index contributed by atoms with van der Waals surface area (Å²) in [7, 11) is 0. The predicted molar refractivity (Wildman–Crippen MR) is 72.5 cm³/mol. The molecule has 1 saturated heterocycles. The van der Waals surface area contributed by atoms with E-state index in [2.05, 4.69) is 5.32 Å². The van der Waals surface area contributed by atoms with Crippen LogP contribution in [0.3, 0.4) is 0 Å². The van der Waals surface area contributed by atoms with Crippen molar-refractivity contribution in [1.82, 2.24) is 10.2 Å². The van der Waals surface area contributed by atoms with Crippen molar-refractivity contribution in [1.29, 1.82) is 0 Å². The molecule has 0 bridgehead atoms. The molecule has 110 valence electrons. The number of hydrogen-bond donors (Lipinski definition) is 1. The van der Waals surface area contributed by atoms with Crippen molar-refractivity contribution in [3.63, 3.8) is 0 Å². The van der Waals surface area contributed by atoms with Gasteiger partial charge in [-0.15, -0.1) is 0 Å². The van der Waals surface area contributed by atoms with Gasteiger partial charge in [0.05, 0.1) is 6.67 Å². The number of carbonyl (C=O) groups is 2. The van der Waals surface area contributed by atoms with E-state index >= 15 is 0 Å². The van der Waals surface area contributed by atoms with Crippen molar-refractivity contribution in [2.75, 3.05) is 13.2 Å². The second kappa shape index (κ2) is 5.88. The summed E-state index contributed by atoms with van der Waals surface area (Å²) in [6, 6.07) is 0. The van der Waals surface area contributed by atoms with E-state index < -0.39 is 17.8 Å². The van der Waals surface area contributed by atoms with E-state index in [1.807, 2.05) is 20.8 Å². The van der Waals surface area contributed by atoms with Crippen LogP contribution in [0.4, 0.5) is 4.39 Å². The van der Waals surface area contributed by atoms with Crippen LogP contribution in [0.2, 0.25) is 0 Å². The Bertz CT molecular complexity index is 355. The molecule has 0 spiro atoms. The van der Waals surface area contributed by atoms with Gasteiger partial charge in [-0.1, -0.05) is 20.8 Å². The molecule has 0 aliphatic carbocycles. The molecule has 1 aliphatic heterocycles. The van der Waals surface area contributed by atoms with Crippen molar-refractivity contribution in [3.8, 4) is 0 Å². The molecule has 1 atom stereocenters. The van der Waals surface area contributed by atoms with E-state index in [1.54, 1.807) is 11.8 Å². The first-order chi connectivity index (χ1) is 8.91. The van der Waals surface area contributed by atoms with Crippen LogP contribution in [0.15, 0.2) is 0 Å². The summed E-state index contributed by atoms with van der Waals surface area (Å²) >= 11 is 0. The monoisotopic (exact) mass is 272 g/mol. The Morgan fingerprint density at radius 1 is 1.16 bits per heavy atom. The normalized spacial score (nSPS) is 26.5. The molecule has 19 heavy (non-hydrogen) atoms. The first-order valence-corrected chi connectivity index (χ1v) is 7.12. The molecule has 0 radical (unpaired) electrons. The highest BCUT2D eigenvalue weighted by Crippen LogP contribution is 2.32. The molecule has 1 fully saturated rings. The molecule has 0 aromatic rings. The summed E-state index contributed by atoms with van der Waals surface area (Å²) in [5.41, 5.74) is -1.68. The van der Waals surface area contributed by atoms with Crippen LogP contribution in [0.1, 0.15) is 53.4 Å². The number of rotatable bonds is 6. The van der Waals surface area contributed by atoms with Crippen LogP contribution in [-0.4, -0.2) is 41.0 Å². The van der Waals surface area contributed by atoms with Gasteiger partial charge in [0.15, 0.2) is 0 Å². The summed E-state index contributed by atoms with van der Waals surface area (Å²) < 4.78 is 12.4. The van der Waals surface area contributed by atoms with Crippen LogP contribution in [-0.2, 0) is 9.59 Å². The Morgan fingerprint density at radius 2 is 1.74 bits per heavy atom. The molecule has 1 unspecified atom stereocenters.